The summed E-state index contributed by atoms with van der Waals surface area (Å²) in [5.41, 5.74) is 0.182. The summed E-state index contributed by atoms with van der Waals surface area (Å²) >= 11 is 0. The molecule has 0 aliphatic carbocycles. The number of allylic oxidation sites excluding steroid dienone is 2. The first kappa shape index (κ1) is 10.3. The lowest BCUT2D eigenvalue weighted by Gasteiger charge is -1.97. The molecule has 0 aliphatic heterocycles. The summed E-state index contributed by atoms with van der Waals surface area (Å²) in [6, 6.07) is 0. The van der Waals surface area contributed by atoms with Crippen molar-refractivity contribution in [1.82, 2.24) is 0 Å². The molecule has 0 spiro atoms. The molecule has 0 fully saturated rings. The number of aldehydes is 1. The van der Waals surface area contributed by atoms with Gasteiger partial charge in [-0.1, -0.05) is 0 Å². The Morgan fingerprint density at radius 3 is 2.73 bits per heavy atom. The molecule has 2 nitrogen and oxygen atoms in total. The topological polar surface area (TPSA) is 26.3 Å². The lowest BCUT2D eigenvalue weighted by molar-refractivity contribution is -0.105. The van der Waals surface area contributed by atoms with Gasteiger partial charge in [0.25, 0.3) is 0 Å². The molecule has 64 valence electrons. The summed E-state index contributed by atoms with van der Waals surface area (Å²) in [4.78, 5) is 10.0. The van der Waals surface area contributed by atoms with Crippen molar-refractivity contribution >= 4 is 6.29 Å². The number of carbonyl (C=O) groups excluding carboxylic acids is 1. The first-order chi connectivity index (χ1) is 5.22. The smallest absolute Gasteiger partial charge is 0.148 e. The molecular formula is C8H13FO2. The minimum Gasteiger partial charge on any atom is -0.385 e. The lowest BCUT2D eigenvalue weighted by atomic mass is 10.2. The van der Waals surface area contributed by atoms with Crippen LogP contribution in [0.3, 0.4) is 0 Å². The number of ether oxygens (including phenoxy) is 1. The van der Waals surface area contributed by atoms with Crippen LogP contribution in [-0.2, 0) is 9.53 Å². The number of halogens is 1. The highest BCUT2D eigenvalue weighted by atomic mass is 19.1. The largest absolute Gasteiger partial charge is 0.385 e. The quantitative estimate of drug-likeness (QED) is 0.348. The Hall–Kier alpha value is -0.700. The van der Waals surface area contributed by atoms with Gasteiger partial charge in [-0.3, -0.25) is 4.79 Å². The van der Waals surface area contributed by atoms with Gasteiger partial charge >= 0.3 is 0 Å². The highest BCUT2D eigenvalue weighted by Gasteiger charge is 1.99. The van der Waals surface area contributed by atoms with Crippen molar-refractivity contribution in [2.45, 2.75) is 19.8 Å². The molecule has 0 heterocycles. The van der Waals surface area contributed by atoms with Crippen LogP contribution in [0.5, 0.6) is 0 Å². The molecule has 0 saturated carbocycles. The molecule has 0 rings (SSSR count). The summed E-state index contributed by atoms with van der Waals surface area (Å²) in [6.07, 6.45) is 1.44. The van der Waals surface area contributed by atoms with Gasteiger partial charge in [0.1, 0.15) is 12.1 Å². The van der Waals surface area contributed by atoms with Gasteiger partial charge < -0.3 is 4.74 Å². The van der Waals surface area contributed by atoms with Gasteiger partial charge in [0.2, 0.25) is 0 Å². The Labute approximate surface area is 66.0 Å². The van der Waals surface area contributed by atoms with Crippen LogP contribution in [0, 0.1) is 0 Å². The summed E-state index contributed by atoms with van der Waals surface area (Å²) in [5.74, 6) is -0.336. The molecule has 0 atom stereocenters. The molecule has 0 aromatic heterocycles. The van der Waals surface area contributed by atoms with E-state index >= 15 is 0 Å². The second kappa shape index (κ2) is 6.04. The monoisotopic (exact) mass is 160 g/mol. The van der Waals surface area contributed by atoms with E-state index in [0.29, 0.717) is 25.7 Å². The molecule has 0 radical (unpaired) electrons. The third kappa shape index (κ3) is 4.67. The summed E-state index contributed by atoms with van der Waals surface area (Å²) in [5, 5.41) is 0. The van der Waals surface area contributed by atoms with E-state index < -0.39 is 0 Å². The average molecular weight is 160 g/mol. The number of hydrogen-bond donors (Lipinski definition) is 0. The molecule has 3 heteroatoms. The Balaban J connectivity index is 3.67. The van der Waals surface area contributed by atoms with Crippen molar-refractivity contribution in [1.29, 1.82) is 0 Å². The molecule has 0 aliphatic rings. The third-order valence-corrected chi connectivity index (χ3v) is 1.35. The highest BCUT2D eigenvalue weighted by molar-refractivity contribution is 5.72. The molecule has 0 N–H and O–H groups in total. The van der Waals surface area contributed by atoms with Crippen LogP contribution >= 0.6 is 0 Å². The van der Waals surface area contributed by atoms with Gasteiger partial charge in [-0.25, -0.2) is 4.39 Å². The van der Waals surface area contributed by atoms with Crippen LogP contribution in [0.2, 0.25) is 0 Å². The molecule has 0 bridgehead atoms. The molecule has 11 heavy (non-hydrogen) atoms. The molecule has 0 saturated heterocycles. The van der Waals surface area contributed by atoms with Crippen molar-refractivity contribution in [2.75, 3.05) is 13.7 Å². The average Bonchev–Trinajstić information content (AvgIpc) is 2.03. The van der Waals surface area contributed by atoms with Crippen molar-refractivity contribution in [2.24, 2.45) is 0 Å². The van der Waals surface area contributed by atoms with Crippen molar-refractivity contribution in [3.8, 4) is 0 Å². The second-order valence-corrected chi connectivity index (χ2v) is 2.30. The SMILES string of the molecule is COCCC/C(F)=C(\C)C=O. The predicted octanol–water partition coefficient (Wildman–Crippen LogP) is 1.86. The molecule has 0 unspecified atom stereocenters. The lowest BCUT2D eigenvalue weighted by Crippen LogP contribution is -1.90. The summed E-state index contributed by atoms with van der Waals surface area (Å²) < 4.78 is 17.4. The van der Waals surface area contributed by atoms with Crippen LogP contribution in [-0.4, -0.2) is 20.0 Å². The Kier molecular flexibility index (Phi) is 5.65. The normalized spacial score (nSPS) is 12.6. The zero-order chi connectivity index (χ0) is 8.69. The van der Waals surface area contributed by atoms with Crippen molar-refractivity contribution in [3.63, 3.8) is 0 Å². The van der Waals surface area contributed by atoms with Crippen LogP contribution in [0.4, 0.5) is 4.39 Å². The Morgan fingerprint density at radius 2 is 2.27 bits per heavy atom. The van der Waals surface area contributed by atoms with E-state index in [9.17, 15) is 9.18 Å². The van der Waals surface area contributed by atoms with Crippen LogP contribution in [0.1, 0.15) is 19.8 Å². The molecule has 0 amide bonds. The van der Waals surface area contributed by atoms with E-state index in [1.165, 1.54) is 6.92 Å². The van der Waals surface area contributed by atoms with E-state index in [-0.39, 0.29) is 11.4 Å². The van der Waals surface area contributed by atoms with Crippen molar-refractivity contribution in [3.05, 3.63) is 11.4 Å². The van der Waals surface area contributed by atoms with Gasteiger partial charge in [0, 0.05) is 25.7 Å². The summed E-state index contributed by atoms with van der Waals surface area (Å²) in [6.45, 7) is 1.99. The maximum absolute atomic E-state index is 12.7. The second-order valence-electron chi connectivity index (χ2n) is 2.30. The minimum atomic E-state index is -0.336. The third-order valence-electron chi connectivity index (χ3n) is 1.35. The zero-order valence-electron chi connectivity index (χ0n) is 6.89. The highest BCUT2D eigenvalue weighted by Crippen LogP contribution is 2.10. The first-order valence-corrected chi connectivity index (χ1v) is 3.51. The zero-order valence-corrected chi connectivity index (χ0v) is 6.89. The number of carbonyl (C=O) groups is 1. The van der Waals surface area contributed by atoms with Gasteiger partial charge in [-0.15, -0.1) is 0 Å². The maximum atomic E-state index is 12.7. The van der Waals surface area contributed by atoms with Crippen LogP contribution in [0.25, 0.3) is 0 Å². The summed E-state index contributed by atoms with van der Waals surface area (Å²) in [7, 11) is 1.56. The van der Waals surface area contributed by atoms with Crippen molar-refractivity contribution < 1.29 is 13.9 Å². The Bertz CT molecular complexity index is 152. The fourth-order valence-corrected chi connectivity index (χ4v) is 0.633. The molecule has 0 aromatic carbocycles. The van der Waals surface area contributed by atoms with E-state index in [1.807, 2.05) is 0 Å². The molecule has 0 aromatic rings. The van der Waals surface area contributed by atoms with E-state index in [2.05, 4.69) is 0 Å². The number of methoxy groups -OCH3 is 1. The van der Waals surface area contributed by atoms with Gasteiger partial charge in [0.15, 0.2) is 0 Å². The number of rotatable bonds is 5. The van der Waals surface area contributed by atoms with Gasteiger partial charge in [0.05, 0.1) is 0 Å². The fraction of sp³-hybridized carbons (Fsp3) is 0.625. The van der Waals surface area contributed by atoms with E-state index in [1.54, 1.807) is 7.11 Å². The molecular weight excluding hydrogens is 147 g/mol. The minimum absolute atomic E-state index is 0.182. The van der Waals surface area contributed by atoms with Gasteiger partial charge in [-0.05, 0) is 13.3 Å². The number of hydrogen-bond acceptors (Lipinski definition) is 2. The Morgan fingerprint density at radius 1 is 1.64 bits per heavy atom. The van der Waals surface area contributed by atoms with Crippen LogP contribution < -0.4 is 0 Å². The van der Waals surface area contributed by atoms with E-state index in [0.717, 1.165) is 0 Å². The standard InChI is InChI=1S/C8H13FO2/c1-7(6-10)8(9)4-3-5-11-2/h6H,3-5H2,1-2H3/b8-7-. The maximum Gasteiger partial charge on any atom is 0.148 e. The first-order valence-electron chi connectivity index (χ1n) is 3.51. The van der Waals surface area contributed by atoms with Gasteiger partial charge in [-0.2, -0.15) is 0 Å². The fourth-order valence-electron chi connectivity index (χ4n) is 0.633. The van der Waals surface area contributed by atoms with E-state index in [4.69, 9.17) is 4.74 Å². The predicted molar refractivity (Wildman–Crippen MR) is 41.0 cm³/mol. The van der Waals surface area contributed by atoms with Crippen LogP contribution in [0.15, 0.2) is 11.4 Å².